The van der Waals surface area contributed by atoms with Crippen molar-refractivity contribution in [3.05, 3.63) is 83.3 Å². The number of ether oxygens (including phenoxy) is 1. The first kappa shape index (κ1) is 34.3. The van der Waals surface area contributed by atoms with Crippen molar-refractivity contribution in [3.8, 4) is 17.1 Å². The highest BCUT2D eigenvalue weighted by molar-refractivity contribution is 7.92. The molecule has 0 spiro atoms. The van der Waals surface area contributed by atoms with Gasteiger partial charge in [-0.2, -0.15) is 4.98 Å². The molecule has 2 aromatic carbocycles. The highest BCUT2D eigenvalue weighted by Crippen LogP contribution is 2.45. The molecule has 1 atom stereocenters. The first-order valence-corrected chi connectivity index (χ1v) is 18.1. The van der Waals surface area contributed by atoms with Gasteiger partial charge in [0, 0.05) is 30.8 Å². The quantitative estimate of drug-likeness (QED) is 0.234. The Balaban J connectivity index is 1.45. The molecule has 1 amide bonds. The maximum Gasteiger partial charge on any atom is 0.264 e. The van der Waals surface area contributed by atoms with E-state index in [0.717, 1.165) is 29.1 Å². The van der Waals surface area contributed by atoms with Crippen LogP contribution in [0.15, 0.2) is 65.8 Å². The second kappa shape index (κ2) is 13.0. The van der Waals surface area contributed by atoms with Crippen LogP contribution in [0.3, 0.4) is 0 Å². The fourth-order valence-corrected chi connectivity index (χ4v) is 7.39. The zero-order valence-corrected chi connectivity index (χ0v) is 30.1. The van der Waals surface area contributed by atoms with E-state index in [2.05, 4.69) is 52.3 Å². The van der Waals surface area contributed by atoms with E-state index in [-0.39, 0.29) is 52.2 Å². The third-order valence-electron chi connectivity index (χ3n) is 9.15. The molecule has 3 heterocycles. The molecule has 1 fully saturated rings. The summed E-state index contributed by atoms with van der Waals surface area (Å²) in [6.45, 7) is 13.7. The van der Waals surface area contributed by atoms with E-state index in [1.807, 2.05) is 39.1 Å². The number of aromatic nitrogens is 4. The Morgan fingerprint density at radius 1 is 1.02 bits per heavy atom. The van der Waals surface area contributed by atoms with E-state index in [0.29, 0.717) is 17.8 Å². The normalized spacial score (nSPS) is 18.3. The van der Waals surface area contributed by atoms with Crippen LogP contribution >= 0.6 is 0 Å². The number of carbonyl (C=O) groups is 1. The Labute approximate surface area is 289 Å². The Kier molecular flexibility index (Phi) is 9.12. The predicted octanol–water partition coefficient (Wildman–Crippen LogP) is 6.43. The van der Waals surface area contributed by atoms with Crippen LogP contribution < -0.4 is 14.4 Å². The number of anilines is 2. The zero-order chi connectivity index (χ0) is 35.1. The highest BCUT2D eigenvalue weighted by Gasteiger charge is 2.38. The molecule has 258 valence electrons. The Hall–Kier alpha value is -4.58. The van der Waals surface area contributed by atoms with Gasteiger partial charge in [-0.3, -0.25) is 9.78 Å². The van der Waals surface area contributed by atoms with Gasteiger partial charge >= 0.3 is 0 Å². The van der Waals surface area contributed by atoms with Crippen molar-refractivity contribution in [1.82, 2.24) is 24.8 Å². The summed E-state index contributed by atoms with van der Waals surface area (Å²) in [5, 5.41) is 0. The molecule has 0 unspecified atom stereocenters. The summed E-state index contributed by atoms with van der Waals surface area (Å²) < 4.78 is 36.4. The van der Waals surface area contributed by atoms with E-state index < -0.39 is 16.1 Å². The third kappa shape index (κ3) is 8.01. The van der Waals surface area contributed by atoms with E-state index >= 15 is 0 Å². The SMILES string of the molecule is Cc1cccc(C)c1-c1cc2nc(n1)NS(=O)(=O)c1cccc(c1)C(=O)N(Cc1cncc(N(C)CC3(C)CC3)n1)[C@H](CC(C)(C)C)CO2. The third-order valence-corrected chi connectivity index (χ3v) is 10.5. The average Bonchev–Trinajstić information content (AvgIpc) is 3.76. The van der Waals surface area contributed by atoms with E-state index in [1.165, 1.54) is 25.0 Å². The van der Waals surface area contributed by atoms with Crippen LogP contribution in [0.25, 0.3) is 11.3 Å². The number of fused-ring (bicyclic) bond motifs is 4. The van der Waals surface area contributed by atoms with Crippen molar-refractivity contribution >= 4 is 27.7 Å². The predicted molar refractivity (Wildman–Crippen MR) is 190 cm³/mol. The van der Waals surface area contributed by atoms with Crippen LogP contribution in [0, 0.1) is 24.7 Å². The monoisotopic (exact) mass is 683 g/mol. The molecule has 0 radical (unpaired) electrons. The first-order chi connectivity index (χ1) is 23.1. The maximum absolute atomic E-state index is 14.5. The van der Waals surface area contributed by atoms with Crippen LogP contribution in [-0.4, -0.2) is 65.4 Å². The van der Waals surface area contributed by atoms with Gasteiger partial charge in [0.05, 0.1) is 41.3 Å². The molecule has 49 heavy (non-hydrogen) atoms. The van der Waals surface area contributed by atoms with Crippen molar-refractivity contribution in [2.75, 3.05) is 29.8 Å². The van der Waals surface area contributed by atoms with Crippen LogP contribution in [0.5, 0.6) is 5.88 Å². The molecule has 12 heteroatoms. The van der Waals surface area contributed by atoms with Crippen LogP contribution in [0.4, 0.5) is 11.8 Å². The summed E-state index contributed by atoms with van der Waals surface area (Å²) in [5.41, 5.74) is 4.29. The Morgan fingerprint density at radius 3 is 2.43 bits per heavy atom. The van der Waals surface area contributed by atoms with Crippen LogP contribution in [0.2, 0.25) is 0 Å². The number of hydrogen-bond donors (Lipinski definition) is 1. The lowest BCUT2D eigenvalue weighted by Gasteiger charge is -2.35. The molecule has 4 aromatic rings. The molecule has 1 aliphatic carbocycles. The van der Waals surface area contributed by atoms with Crippen molar-refractivity contribution < 1.29 is 17.9 Å². The minimum absolute atomic E-state index is 0.0783. The van der Waals surface area contributed by atoms with Crippen molar-refractivity contribution in [2.24, 2.45) is 10.8 Å². The Morgan fingerprint density at radius 2 is 1.73 bits per heavy atom. The lowest BCUT2D eigenvalue weighted by Crippen LogP contribution is -2.45. The Bertz CT molecular complexity index is 1970. The summed E-state index contributed by atoms with van der Waals surface area (Å²) in [5.74, 6) is 0.472. The van der Waals surface area contributed by atoms with Gasteiger partial charge in [0.1, 0.15) is 12.4 Å². The van der Waals surface area contributed by atoms with Crippen molar-refractivity contribution in [1.29, 1.82) is 0 Å². The molecule has 1 saturated carbocycles. The van der Waals surface area contributed by atoms with Gasteiger partial charge in [0.15, 0.2) is 0 Å². The molecular weight excluding hydrogens is 639 g/mol. The number of nitrogens with zero attached hydrogens (tertiary/aromatic N) is 6. The van der Waals surface area contributed by atoms with Gasteiger partial charge in [-0.25, -0.2) is 23.1 Å². The number of aryl methyl sites for hydroxylation is 2. The molecule has 2 aromatic heterocycles. The lowest BCUT2D eigenvalue weighted by atomic mass is 9.87. The van der Waals surface area contributed by atoms with Gasteiger partial charge < -0.3 is 14.5 Å². The number of amides is 1. The molecule has 0 saturated heterocycles. The number of benzene rings is 2. The van der Waals surface area contributed by atoms with Crippen molar-refractivity contribution in [3.63, 3.8) is 0 Å². The molecule has 6 rings (SSSR count). The number of hydrogen-bond acceptors (Lipinski definition) is 9. The highest BCUT2D eigenvalue weighted by atomic mass is 32.2. The molecule has 4 bridgehead atoms. The summed E-state index contributed by atoms with van der Waals surface area (Å²) in [6, 6.07) is 13.3. The maximum atomic E-state index is 14.5. The van der Waals surface area contributed by atoms with Gasteiger partial charge in [-0.15, -0.1) is 0 Å². The number of nitrogens with one attached hydrogen (secondary N) is 1. The fraction of sp³-hybridized carbons (Fsp3) is 0.432. The largest absolute Gasteiger partial charge is 0.475 e. The van der Waals surface area contributed by atoms with E-state index in [1.54, 1.807) is 35.5 Å². The summed E-state index contributed by atoms with van der Waals surface area (Å²) >= 11 is 0. The minimum atomic E-state index is -4.17. The summed E-state index contributed by atoms with van der Waals surface area (Å²) in [6.07, 6.45) is 6.38. The second-order valence-electron chi connectivity index (χ2n) is 15.0. The smallest absolute Gasteiger partial charge is 0.264 e. The van der Waals surface area contributed by atoms with Gasteiger partial charge in [0.2, 0.25) is 11.8 Å². The standard InChI is InChI=1S/C37H45N7O4S/c1-24-10-8-11-25(2)33(24)30-17-32-41-35(40-30)42-49(46,47)29-13-9-12-26(16-29)34(45)44(28(22-48-32)18-36(3,4)5)21-27-19-38-20-31(39-27)43(7)23-37(6)14-15-37/h8-13,16-17,19-20,28H,14-15,18,21-23H2,1-7H3,(H,40,41,42)/t28-/m1/s1. The average molecular weight is 684 g/mol. The summed E-state index contributed by atoms with van der Waals surface area (Å²) in [4.78, 5) is 36.8. The van der Waals surface area contributed by atoms with E-state index in [4.69, 9.17) is 9.72 Å². The van der Waals surface area contributed by atoms with E-state index in [9.17, 15) is 13.2 Å². The molecular formula is C37H45N7O4S. The number of sulfonamides is 1. The van der Waals surface area contributed by atoms with Crippen LogP contribution in [-0.2, 0) is 16.6 Å². The fourth-order valence-electron chi connectivity index (χ4n) is 6.40. The minimum Gasteiger partial charge on any atom is -0.475 e. The van der Waals surface area contributed by atoms with Gasteiger partial charge in [-0.05, 0) is 73.3 Å². The molecule has 11 nitrogen and oxygen atoms in total. The molecule has 2 aliphatic rings. The summed E-state index contributed by atoms with van der Waals surface area (Å²) in [7, 11) is -2.16. The number of rotatable bonds is 7. The topological polar surface area (TPSA) is 131 Å². The first-order valence-electron chi connectivity index (χ1n) is 16.6. The zero-order valence-electron chi connectivity index (χ0n) is 29.3. The number of carbonyl (C=O) groups excluding carboxylic acids is 1. The van der Waals surface area contributed by atoms with Crippen molar-refractivity contribution in [2.45, 2.75) is 78.3 Å². The molecule has 1 N–H and O–H groups in total. The lowest BCUT2D eigenvalue weighted by molar-refractivity contribution is 0.0509. The second-order valence-corrected chi connectivity index (χ2v) is 16.7. The molecule has 1 aliphatic heterocycles. The van der Waals surface area contributed by atoms with Gasteiger partial charge in [-0.1, -0.05) is 52.0 Å². The van der Waals surface area contributed by atoms with Crippen LogP contribution in [0.1, 0.15) is 74.1 Å². The van der Waals surface area contributed by atoms with Gasteiger partial charge in [0.25, 0.3) is 15.9 Å².